The zero-order chi connectivity index (χ0) is 6.97. The van der Waals surface area contributed by atoms with Gasteiger partial charge >= 0.3 is 0 Å². The molecular formula is C9H15N. The zero-order valence-corrected chi connectivity index (χ0v) is 6.42. The van der Waals surface area contributed by atoms with Crippen molar-refractivity contribution < 1.29 is 0 Å². The van der Waals surface area contributed by atoms with Crippen molar-refractivity contribution in [3.8, 4) is 0 Å². The van der Waals surface area contributed by atoms with Crippen LogP contribution in [0.4, 0.5) is 0 Å². The van der Waals surface area contributed by atoms with Gasteiger partial charge in [-0.15, -0.1) is 6.58 Å². The first-order chi connectivity index (χ1) is 4.93. The summed E-state index contributed by atoms with van der Waals surface area (Å²) in [7, 11) is 0. The Kier molecular flexibility index (Phi) is 1.53. The number of hydrogen-bond donors (Lipinski definition) is 0. The summed E-state index contributed by atoms with van der Waals surface area (Å²) >= 11 is 0. The maximum atomic E-state index is 3.76. The summed E-state index contributed by atoms with van der Waals surface area (Å²) in [4.78, 5) is 2.57. The summed E-state index contributed by atoms with van der Waals surface area (Å²) < 4.78 is 0. The molecule has 0 aromatic carbocycles. The normalized spacial score (nSPS) is 44.2. The summed E-state index contributed by atoms with van der Waals surface area (Å²) in [6.07, 6.45) is 7.82. The summed E-state index contributed by atoms with van der Waals surface area (Å²) in [5.41, 5.74) is 0. The molecule has 1 aliphatic heterocycles. The van der Waals surface area contributed by atoms with E-state index in [9.17, 15) is 0 Å². The molecule has 1 heteroatoms. The topological polar surface area (TPSA) is 3.01 Å². The molecule has 0 spiro atoms. The van der Waals surface area contributed by atoms with Crippen molar-refractivity contribution >= 4 is 0 Å². The van der Waals surface area contributed by atoms with Crippen molar-refractivity contribution in [3.63, 3.8) is 0 Å². The average molecular weight is 137 g/mol. The molecule has 1 nitrogen and oxygen atoms in total. The van der Waals surface area contributed by atoms with E-state index in [-0.39, 0.29) is 0 Å². The lowest BCUT2D eigenvalue weighted by Gasteiger charge is -2.02. The van der Waals surface area contributed by atoms with Crippen LogP contribution in [0.1, 0.15) is 25.7 Å². The maximum absolute atomic E-state index is 3.76. The molecule has 10 heavy (non-hydrogen) atoms. The van der Waals surface area contributed by atoms with Crippen LogP contribution in [0.5, 0.6) is 0 Å². The molecule has 0 bridgehead atoms. The first-order valence-corrected chi connectivity index (χ1v) is 4.30. The first-order valence-electron chi connectivity index (χ1n) is 4.30. The fourth-order valence-corrected chi connectivity index (χ4v) is 2.24. The number of hydrogen-bond acceptors (Lipinski definition) is 1. The molecular weight excluding hydrogens is 122 g/mol. The minimum Gasteiger partial charge on any atom is -0.291 e. The Labute approximate surface area is 62.7 Å². The van der Waals surface area contributed by atoms with Crippen molar-refractivity contribution in [1.82, 2.24) is 4.90 Å². The molecule has 0 radical (unpaired) electrons. The van der Waals surface area contributed by atoms with E-state index in [0.29, 0.717) is 0 Å². The average Bonchev–Trinajstić information content (AvgIpc) is 2.66. The van der Waals surface area contributed by atoms with Gasteiger partial charge in [0.25, 0.3) is 0 Å². The van der Waals surface area contributed by atoms with Crippen LogP contribution >= 0.6 is 0 Å². The Morgan fingerprint density at radius 1 is 1.30 bits per heavy atom. The summed E-state index contributed by atoms with van der Waals surface area (Å²) in [5.74, 6) is 0. The van der Waals surface area contributed by atoms with Crippen molar-refractivity contribution in [2.24, 2.45) is 0 Å². The zero-order valence-electron chi connectivity index (χ0n) is 6.42. The Hall–Kier alpha value is -0.300. The molecule has 2 fully saturated rings. The van der Waals surface area contributed by atoms with Crippen molar-refractivity contribution in [3.05, 3.63) is 12.7 Å². The van der Waals surface area contributed by atoms with Gasteiger partial charge in [-0.3, -0.25) is 4.90 Å². The van der Waals surface area contributed by atoms with E-state index in [1.54, 1.807) is 0 Å². The third-order valence-corrected chi connectivity index (χ3v) is 2.80. The molecule has 1 saturated carbocycles. The van der Waals surface area contributed by atoms with E-state index in [0.717, 1.165) is 18.6 Å². The van der Waals surface area contributed by atoms with Crippen molar-refractivity contribution in [2.45, 2.75) is 37.8 Å². The maximum Gasteiger partial charge on any atom is 0.0258 e. The summed E-state index contributed by atoms with van der Waals surface area (Å²) in [6, 6.07) is 1.90. The molecule has 0 aromatic rings. The van der Waals surface area contributed by atoms with Gasteiger partial charge in [-0.25, -0.2) is 0 Å². The molecule has 2 aliphatic rings. The van der Waals surface area contributed by atoms with Crippen LogP contribution in [0.2, 0.25) is 0 Å². The third-order valence-electron chi connectivity index (χ3n) is 2.80. The highest BCUT2D eigenvalue weighted by Gasteiger charge is 2.46. The molecule has 1 aliphatic carbocycles. The van der Waals surface area contributed by atoms with Gasteiger partial charge in [-0.05, 0) is 12.8 Å². The summed E-state index contributed by atoms with van der Waals surface area (Å²) in [6.45, 7) is 4.88. The Balaban J connectivity index is 1.87. The van der Waals surface area contributed by atoms with Crippen molar-refractivity contribution in [1.29, 1.82) is 0 Å². The van der Waals surface area contributed by atoms with Crippen LogP contribution in [-0.2, 0) is 0 Å². The monoisotopic (exact) mass is 137 g/mol. The fourth-order valence-electron chi connectivity index (χ4n) is 2.24. The Morgan fingerprint density at radius 3 is 2.40 bits per heavy atom. The molecule has 0 aromatic heterocycles. The number of fused-ring (bicyclic) bond motifs is 1. The predicted molar refractivity (Wildman–Crippen MR) is 42.9 cm³/mol. The number of nitrogens with zero attached hydrogens (tertiary/aromatic N) is 1. The van der Waals surface area contributed by atoms with E-state index < -0.39 is 0 Å². The van der Waals surface area contributed by atoms with Gasteiger partial charge in [0.1, 0.15) is 0 Å². The highest BCUT2D eigenvalue weighted by atomic mass is 15.3. The van der Waals surface area contributed by atoms with Gasteiger partial charge in [0.2, 0.25) is 0 Å². The molecule has 2 rings (SSSR count). The minimum atomic E-state index is 0.951. The Morgan fingerprint density at radius 2 is 1.90 bits per heavy atom. The van der Waals surface area contributed by atoms with E-state index >= 15 is 0 Å². The molecule has 0 amide bonds. The van der Waals surface area contributed by atoms with E-state index in [4.69, 9.17) is 0 Å². The quantitative estimate of drug-likeness (QED) is 0.414. The SMILES string of the molecule is C=CCN1C2CCCCC21. The van der Waals surface area contributed by atoms with Crippen LogP contribution < -0.4 is 0 Å². The van der Waals surface area contributed by atoms with E-state index in [2.05, 4.69) is 11.5 Å². The van der Waals surface area contributed by atoms with Crippen LogP contribution in [0, 0.1) is 0 Å². The first kappa shape index (κ1) is 6.41. The minimum absolute atomic E-state index is 0.951. The lowest BCUT2D eigenvalue weighted by Crippen LogP contribution is -2.00. The second kappa shape index (κ2) is 2.39. The lowest BCUT2D eigenvalue weighted by molar-refractivity contribution is 0.532. The van der Waals surface area contributed by atoms with E-state index in [1.807, 2.05) is 6.08 Å². The highest BCUT2D eigenvalue weighted by Crippen LogP contribution is 2.39. The molecule has 56 valence electrons. The van der Waals surface area contributed by atoms with Gasteiger partial charge < -0.3 is 0 Å². The van der Waals surface area contributed by atoms with Crippen LogP contribution in [0.3, 0.4) is 0 Å². The van der Waals surface area contributed by atoms with Crippen LogP contribution in [0.25, 0.3) is 0 Å². The largest absolute Gasteiger partial charge is 0.291 e. The molecule has 2 atom stereocenters. The van der Waals surface area contributed by atoms with Gasteiger partial charge in [-0.1, -0.05) is 18.9 Å². The second-order valence-electron chi connectivity index (χ2n) is 3.40. The van der Waals surface area contributed by atoms with Gasteiger partial charge in [0.05, 0.1) is 0 Å². The summed E-state index contributed by atoms with van der Waals surface area (Å²) in [5, 5.41) is 0. The number of rotatable bonds is 2. The van der Waals surface area contributed by atoms with Gasteiger partial charge in [0.15, 0.2) is 0 Å². The molecule has 0 N–H and O–H groups in total. The van der Waals surface area contributed by atoms with Gasteiger partial charge in [-0.2, -0.15) is 0 Å². The van der Waals surface area contributed by atoms with Crippen LogP contribution in [0.15, 0.2) is 12.7 Å². The fraction of sp³-hybridized carbons (Fsp3) is 0.778. The standard InChI is InChI=1S/C9H15N/c1-2-7-10-8-5-3-4-6-9(8)10/h2,8-9H,1,3-7H2. The molecule has 1 heterocycles. The van der Waals surface area contributed by atoms with Gasteiger partial charge in [0, 0.05) is 18.6 Å². The predicted octanol–water partition coefficient (Wildman–Crippen LogP) is 1.80. The second-order valence-corrected chi connectivity index (χ2v) is 3.40. The Bertz CT molecular complexity index is 130. The smallest absolute Gasteiger partial charge is 0.0258 e. The van der Waals surface area contributed by atoms with Crippen LogP contribution in [-0.4, -0.2) is 23.5 Å². The lowest BCUT2D eigenvalue weighted by atomic mass is 10.0. The molecule has 1 saturated heterocycles. The molecule has 2 unspecified atom stereocenters. The third kappa shape index (κ3) is 0.891. The van der Waals surface area contributed by atoms with Crippen molar-refractivity contribution in [2.75, 3.05) is 6.54 Å². The van der Waals surface area contributed by atoms with E-state index in [1.165, 1.54) is 25.7 Å². The highest BCUT2D eigenvalue weighted by molar-refractivity contribution is 5.05. The number of likely N-dealkylation sites (tertiary alicyclic amines) is 1.